The summed E-state index contributed by atoms with van der Waals surface area (Å²) >= 11 is 0. The van der Waals surface area contributed by atoms with Crippen molar-refractivity contribution in [3.63, 3.8) is 0 Å². The minimum absolute atomic E-state index is 0.0455. The van der Waals surface area contributed by atoms with E-state index in [0.717, 1.165) is 0 Å². The van der Waals surface area contributed by atoms with Crippen molar-refractivity contribution < 1.29 is 9.66 Å². The quantitative estimate of drug-likeness (QED) is 0.619. The fourth-order valence-corrected chi connectivity index (χ4v) is 1.86. The summed E-state index contributed by atoms with van der Waals surface area (Å²) in [5, 5.41) is 18.4. The summed E-state index contributed by atoms with van der Waals surface area (Å²) in [5.41, 5.74) is 0.126. The van der Waals surface area contributed by atoms with Crippen molar-refractivity contribution in [3.05, 3.63) is 15.8 Å². The summed E-state index contributed by atoms with van der Waals surface area (Å²) in [6.07, 6.45) is 0.524. The van der Waals surface area contributed by atoms with E-state index in [4.69, 9.17) is 4.74 Å². The fraction of sp³-hybridized carbons (Fsp3) is 0.727. The zero-order valence-electron chi connectivity index (χ0n) is 11.5. The van der Waals surface area contributed by atoms with Gasteiger partial charge < -0.3 is 10.1 Å². The third-order valence-electron chi connectivity index (χ3n) is 2.57. The van der Waals surface area contributed by atoms with E-state index in [1.807, 2.05) is 20.8 Å². The molecule has 0 aliphatic carbocycles. The molecule has 0 saturated heterocycles. The predicted octanol–water partition coefficient (Wildman–Crippen LogP) is 1.73. The Kier molecular flexibility index (Phi) is 4.28. The molecule has 1 aromatic rings. The Morgan fingerprint density at radius 2 is 2.17 bits per heavy atom. The van der Waals surface area contributed by atoms with Gasteiger partial charge in [0.2, 0.25) is 5.82 Å². The molecule has 0 amide bonds. The van der Waals surface area contributed by atoms with Crippen molar-refractivity contribution in [2.75, 3.05) is 19.0 Å². The molecule has 1 aromatic heterocycles. The van der Waals surface area contributed by atoms with Crippen molar-refractivity contribution in [2.45, 2.75) is 32.7 Å². The molecule has 0 saturated carbocycles. The average molecular weight is 256 g/mol. The number of hydrogen-bond donors (Lipinski definition) is 1. The molecule has 0 radical (unpaired) electrons. The molecule has 0 spiro atoms. The lowest BCUT2D eigenvalue weighted by Gasteiger charge is -2.25. The van der Waals surface area contributed by atoms with Gasteiger partial charge in [0.1, 0.15) is 5.69 Å². The van der Waals surface area contributed by atoms with Crippen molar-refractivity contribution in [1.82, 2.24) is 9.78 Å². The second-order valence-electron chi connectivity index (χ2n) is 4.82. The van der Waals surface area contributed by atoms with Gasteiger partial charge >= 0.3 is 5.69 Å². The van der Waals surface area contributed by atoms with Gasteiger partial charge in [-0.3, -0.25) is 10.1 Å². The van der Waals surface area contributed by atoms with Crippen LogP contribution in [0.25, 0.3) is 0 Å². The monoisotopic (exact) mass is 256 g/mol. The van der Waals surface area contributed by atoms with E-state index in [9.17, 15) is 10.1 Å². The van der Waals surface area contributed by atoms with Crippen molar-refractivity contribution >= 4 is 11.5 Å². The first-order valence-electron chi connectivity index (χ1n) is 5.79. The van der Waals surface area contributed by atoms with Crippen molar-refractivity contribution in [1.29, 1.82) is 0 Å². The zero-order chi connectivity index (χ0) is 13.9. The molecule has 0 fully saturated rings. The topological polar surface area (TPSA) is 82.2 Å². The van der Waals surface area contributed by atoms with E-state index in [-0.39, 0.29) is 5.69 Å². The number of nitrogens with one attached hydrogen (secondary N) is 1. The van der Waals surface area contributed by atoms with Crippen LogP contribution < -0.4 is 5.32 Å². The third-order valence-corrected chi connectivity index (χ3v) is 2.57. The van der Waals surface area contributed by atoms with Crippen LogP contribution >= 0.6 is 0 Å². The molecule has 102 valence electrons. The van der Waals surface area contributed by atoms with Crippen LogP contribution in [0.3, 0.4) is 0 Å². The Bertz CT molecular complexity index is 440. The highest BCUT2D eigenvalue weighted by atomic mass is 16.6. The molecule has 0 atom stereocenters. The Labute approximate surface area is 106 Å². The normalized spacial score (nSPS) is 11.6. The molecule has 0 bridgehead atoms. The number of aryl methyl sites for hydroxylation is 2. The first kappa shape index (κ1) is 14.4. The molecule has 18 heavy (non-hydrogen) atoms. The van der Waals surface area contributed by atoms with Crippen LogP contribution in [0.15, 0.2) is 0 Å². The first-order valence-corrected chi connectivity index (χ1v) is 5.79. The van der Waals surface area contributed by atoms with E-state index < -0.39 is 10.5 Å². The summed E-state index contributed by atoms with van der Waals surface area (Å²) < 4.78 is 6.60. The maximum atomic E-state index is 11.1. The summed E-state index contributed by atoms with van der Waals surface area (Å²) in [6.45, 7) is 6.12. The second kappa shape index (κ2) is 5.34. The second-order valence-corrected chi connectivity index (χ2v) is 4.82. The maximum Gasteiger partial charge on any atom is 0.333 e. The molecule has 7 heteroatoms. The number of anilines is 1. The highest BCUT2D eigenvalue weighted by Gasteiger charge is 2.29. The molecule has 1 rings (SSSR count). The Hall–Kier alpha value is -1.63. The molecule has 0 aliphatic rings. The minimum atomic E-state index is -0.404. The number of hydrogen-bond acceptors (Lipinski definition) is 5. The molecule has 1 heterocycles. The lowest BCUT2D eigenvalue weighted by Crippen LogP contribution is -2.36. The highest BCUT2D eigenvalue weighted by Crippen LogP contribution is 2.30. The Balaban J connectivity index is 3.15. The Morgan fingerprint density at radius 3 is 2.61 bits per heavy atom. The van der Waals surface area contributed by atoms with Crippen LogP contribution in [0.2, 0.25) is 0 Å². The summed E-state index contributed by atoms with van der Waals surface area (Å²) in [7, 11) is 3.29. The first-order chi connectivity index (χ1) is 8.32. The number of rotatable bonds is 6. The van der Waals surface area contributed by atoms with Crippen LogP contribution in [0.4, 0.5) is 11.5 Å². The molecular formula is C11H20N4O3. The van der Waals surface area contributed by atoms with E-state index in [2.05, 4.69) is 10.4 Å². The number of methoxy groups -OCH3 is 1. The average Bonchev–Trinajstić information content (AvgIpc) is 2.54. The number of ether oxygens (including phenoxy) is 1. The highest BCUT2D eigenvalue weighted by molar-refractivity contribution is 5.60. The van der Waals surface area contributed by atoms with Crippen LogP contribution in [-0.4, -0.2) is 34.0 Å². The van der Waals surface area contributed by atoms with Gasteiger partial charge in [-0.1, -0.05) is 6.92 Å². The van der Waals surface area contributed by atoms with Gasteiger partial charge in [0, 0.05) is 14.2 Å². The lowest BCUT2D eigenvalue weighted by molar-refractivity contribution is -0.384. The van der Waals surface area contributed by atoms with Gasteiger partial charge in [-0.25, -0.2) is 4.68 Å². The van der Waals surface area contributed by atoms with Gasteiger partial charge in [0.15, 0.2) is 0 Å². The van der Waals surface area contributed by atoms with Crippen molar-refractivity contribution in [2.24, 2.45) is 7.05 Å². The molecule has 0 aliphatic heterocycles. The molecule has 0 aromatic carbocycles. The molecule has 0 unspecified atom stereocenters. The lowest BCUT2D eigenvalue weighted by atomic mass is 10.1. The largest absolute Gasteiger partial charge is 0.382 e. The van der Waals surface area contributed by atoms with E-state index in [1.165, 1.54) is 4.68 Å². The van der Waals surface area contributed by atoms with Gasteiger partial charge in [-0.05, 0) is 20.3 Å². The van der Waals surface area contributed by atoms with Crippen LogP contribution in [0.5, 0.6) is 0 Å². The predicted molar refractivity (Wildman–Crippen MR) is 68.8 cm³/mol. The van der Waals surface area contributed by atoms with Gasteiger partial charge in [0.25, 0.3) is 0 Å². The van der Waals surface area contributed by atoms with Gasteiger partial charge in [0.05, 0.1) is 17.1 Å². The summed E-state index contributed by atoms with van der Waals surface area (Å²) in [4.78, 5) is 10.7. The fourth-order valence-electron chi connectivity index (χ4n) is 1.86. The number of nitrogens with zero attached hydrogens (tertiary/aromatic N) is 3. The van der Waals surface area contributed by atoms with E-state index >= 15 is 0 Å². The van der Waals surface area contributed by atoms with E-state index in [1.54, 1.807) is 14.2 Å². The minimum Gasteiger partial charge on any atom is -0.382 e. The molecule has 7 nitrogen and oxygen atoms in total. The smallest absolute Gasteiger partial charge is 0.333 e. The van der Waals surface area contributed by atoms with Crippen LogP contribution in [-0.2, 0) is 18.2 Å². The third kappa shape index (κ3) is 2.98. The summed E-state index contributed by atoms with van der Waals surface area (Å²) in [5.74, 6) is 0.416. The van der Waals surface area contributed by atoms with Crippen LogP contribution in [0, 0.1) is 10.1 Å². The standard InChI is InChI=1S/C11H20N4O3/c1-6-8-9(15(16)17)10(14(4)13-8)12-11(2,3)7-18-5/h12H,6-7H2,1-5H3. The SMILES string of the molecule is CCc1nn(C)c(NC(C)(C)COC)c1[N+](=O)[O-]. The Morgan fingerprint density at radius 1 is 1.56 bits per heavy atom. The molecular weight excluding hydrogens is 236 g/mol. The van der Waals surface area contributed by atoms with Gasteiger partial charge in [-0.15, -0.1) is 0 Å². The zero-order valence-corrected chi connectivity index (χ0v) is 11.5. The summed E-state index contributed by atoms with van der Waals surface area (Å²) in [6, 6.07) is 0. The maximum absolute atomic E-state index is 11.1. The number of nitro groups is 1. The van der Waals surface area contributed by atoms with Crippen LogP contribution in [0.1, 0.15) is 26.5 Å². The number of aromatic nitrogens is 2. The van der Waals surface area contributed by atoms with E-state index in [0.29, 0.717) is 24.5 Å². The van der Waals surface area contributed by atoms with Crippen molar-refractivity contribution in [3.8, 4) is 0 Å². The molecule has 1 N–H and O–H groups in total. The van der Waals surface area contributed by atoms with Gasteiger partial charge in [-0.2, -0.15) is 5.10 Å².